The van der Waals surface area contributed by atoms with Crippen LogP contribution in [0.4, 0.5) is 11.6 Å². The summed E-state index contributed by atoms with van der Waals surface area (Å²) < 4.78 is 0. The molecule has 0 aliphatic heterocycles. The van der Waals surface area contributed by atoms with E-state index in [9.17, 15) is 4.79 Å². The molecule has 2 aromatic rings. The monoisotopic (exact) mass is 333 g/mol. The largest absolute Gasteiger partial charge is 0.341 e. The topological polar surface area (TPSA) is 62.2 Å². The summed E-state index contributed by atoms with van der Waals surface area (Å²) in [5, 5.41) is 0.270. The molecule has 0 N–H and O–H groups in total. The zero-order chi connectivity index (χ0) is 16.8. The second-order valence-corrected chi connectivity index (χ2v) is 5.16. The van der Waals surface area contributed by atoms with E-state index in [0.29, 0.717) is 23.7 Å². The molecule has 0 bridgehead atoms. The van der Waals surface area contributed by atoms with Gasteiger partial charge >= 0.3 is 0 Å². The van der Waals surface area contributed by atoms with Crippen molar-refractivity contribution in [1.29, 1.82) is 0 Å². The van der Waals surface area contributed by atoms with Gasteiger partial charge in [0.2, 0.25) is 5.95 Å². The van der Waals surface area contributed by atoms with Crippen LogP contribution in [-0.2, 0) is 0 Å². The Morgan fingerprint density at radius 3 is 2.30 bits per heavy atom. The molecule has 2 aromatic heterocycles. The lowest BCUT2D eigenvalue weighted by molar-refractivity contribution is 0.0988. The van der Waals surface area contributed by atoms with Gasteiger partial charge in [-0.25, -0.2) is 4.98 Å². The van der Waals surface area contributed by atoms with Crippen LogP contribution in [0.25, 0.3) is 0 Å². The van der Waals surface area contributed by atoms with Crippen LogP contribution in [0.3, 0.4) is 0 Å². The normalized spacial score (nSPS) is 10.4. The van der Waals surface area contributed by atoms with E-state index in [1.54, 1.807) is 35.6 Å². The Balaban J connectivity index is 2.33. The summed E-state index contributed by atoms with van der Waals surface area (Å²) in [6.45, 7) is 7.99. The number of rotatable bonds is 6. The Kier molecular flexibility index (Phi) is 5.87. The molecule has 0 aliphatic rings. The summed E-state index contributed by atoms with van der Waals surface area (Å²) >= 11 is 6.31. The minimum atomic E-state index is -0.156. The molecular weight excluding hydrogens is 314 g/mol. The van der Waals surface area contributed by atoms with E-state index in [-0.39, 0.29) is 11.1 Å². The molecular formula is C16H20ClN5O. The van der Waals surface area contributed by atoms with Crippen molar-refractivity contribution >= 4 is 29.1 Å². The average molecular weight is 334 g/mol. The van der Waals surface area contributed by atoms with Crippen molar-refractivity contribution in [1.82, 2.24) is 15.0 Å². The molecule has 23 heavy (non-hydrogen) atoms. The maximum Gasteiger partial charge on any atom is 0.258 e. The Hall–Kier alpha value is -2.21. The number of aromatic nitrogens is 3. The van der Waals surface area contributed by atoms with E-state index in [0.717, 1.165) is 13.1 Å². The number of halogens is 1. The number of hydrogen-bond acceptors (Lipinski definition) is 5. The zero-order valence-electron chi connectivity index (χ0n) is 13.5. The number of hydrogen-bond donors (Lipinski definition) is 0. The van der Waals surface area contributed by atoms with Gasteiger partial charge < -0.3 is 9.80 Å². The van der Waals surface area contributed by atoms with Crippen molar-refractivity contribution in [2.24, 2.45) is 0 Å². The number of anilines is 2. The second kappa shape index (κ2) is 7.87. The number of pyridine rings is 1. The molecule has 2 heterocycles. The Labute approximate surface area is 141 Å². The van der Waals surface area contributed by atoms with Gasteiger partial charge in [0.05, 0.1) is 6.20 Å². The quantitative estimate of drug-likeness (QED) is 0.760. The first-order valence-corrected chi connectivity index (χ1v) is 7.99. The van der Waals surface area contributed by atoms with Crippen molar-refractivity contribution in [2.45, 2.75) is 20.8 Å². The highest BCUT2D eigenvalue weighted by molar-refractivity contribution is 6.32. The van der Waals surface area contributed by atoms with Crippen molar-refractivity contribution in [2.75, 3.05) is 29.4 Å². The standard InChI is InChI=1S/C16H20ClN5O/c1-4-21(5-2)16-19-11-13(14(17)20-16)22(6-3)15(23)12-7-9-18-10-8-12/h7-11H,4-6H2,1-3H3. The smallest absolute Gasteiger partial charge is 0.258 e. The third-order valence-electron chi connectivity index (χ3n) is 3.54. The molecule has 0 saturated heterocycles. The highest BCUT2D eigenvalue weighted by Gasteiger charge is 2.20. The van der Waals surface area contributed by atoms with Crippen LogP contribution in [0.1, 0.15) is 31.1 Å². The van der Waals surface area contributed by atoms with Crippen LogP contribution >= 0.6 is 11.6 Å². The van der Waals surface area contributed by atoms with Crippen LogP contribution in [0, 0.1) is 0 Å². The predicted octanol–water partition coefficient (Wildman–Crippen LogP) is 3.04. The number of amides is 1. The molecule has 7 heteroatoms. The Bertz CT molecular complexity index is 661. The molecule has 122 valence electrons. The van der Waals surface area contributed by atoms with E-state index in [4.69, 9.17) is 11.6 Å². The molecule has 0 atom stereocenters. The molecule has 1 amide bonds. The molecule has 0 aromatic carbocycles. The van der Waals surface area contributed by atoms with E-state index in [1.807, 2.05) is 25.7 Å². The number of carbonyl (C=O) groups is 1. The van der Waals surface area contributed by atoms with E-state index < -0.39 is 0 Å². The molecule has 2 rings (SSSR count). The Morgan fingerprint density at radius 1 is 1.13 bits per heavy atom. The van der Waals surface area contributed by atoms with Gasteiger partial charge in [-0.2, -0.15) is 4.98 Å². The summed E-state index contributed by atoms with van der Waals surface area (Å²) in [5.41, 5.74) is 1.05. The van der Waals surface area contributed by atoms with Crippen molar-refractivity contribution in [3.63, 3.8) is 0 Å². The van der Waals surface area contributed by atoms with Crippen LogP contribution < -0.4 is 9.80 Å². The third kappa shape index (κ3) is 3.76. The van der Waals surface area contributed by atoms with Crippen LogP contribution in [-0.4, -0.2) is 40.5 Å². The number of carbonyl (C=O) groups excluding carboxylic acids is 1. The van der Waals surface area contributed by atoms with Crippen molar-refractivity contribution in [3.05, 3.63) is 41.4 Å². The maximum absolute atomic E-state index is 12.6. The zero-order valence-corrected chi connectivity index (χ0v) is 14.3. The lowest BCUT2D eigenvalue weighted by atomic mass is 10.2. The van der Waals surface area contributed by atoms with E-state index in [2.05, 4.69) is 15.0 Å². The molecule has 0 radical (unpaired) electrons. The summed E-state index contributed by atoms with van der Waals surface area (Å²) in [7, 11) is 0. The molecule has 6 nitrogen and oxygen atoms in total. The first-order chi connectivity index (χ1) is 11.1. The SMILES string of the molecule is CCN(CC)c1ncc(N(CC)C(=O)c2ccncc2)c(Cl)n1. The summed E-state index contributed by atoms with van der Waals surface area (Å²) in [6, 6.07) is 3.34. The van der Waals surface area contributed by atoms with Gasteiger partial charge in [-0.15, -0.1) is 0 Å². The minimum absolute atomic E-state index is 0.156. The van der Waals surface area contributed by atoms with Gasteiger partial charge in [-0.1, -0.05) is 11.6 Å². The van der Waals surface area contributed by atoms with Gasteiger partial charge in [-0.05, 0) is 32.9 Å². The molecule has 0 unspecified atom stereocenters. The third-order valence-corrected chi connectivity index (χ3v) is 3.82. The highest BCUT2D eigenvalue weighted by Crippen LogP contribution is 2.26. The molecule has 0 spiro atoms. The lowest BCUT2D eigenvalue weighted by Gasteiger charge is -2.23. The van der Waals surface area contributed by atoms with Crippen LogP contribution in [0.15, 0.2) is 30.7 Å². The summed E-state index contributed by atoms with van der Waals surface area (Å²) in [4.78, 5) is 28.8. The first-order valence-electron chi connectivity index (χ1n) is 7.61. The second-order valence-electron chi connectivity index (χ2n) is 4.80. The van der Waals surface area contributed by atoms with E-state index in [1.165, 1.54) is 0 Å². The fraction of sp³-hybridized carbons (Fsp3) is 0.375. The van der Waals surface area contributed by atoms with Crippen molar-refractivity contribution < 1.29 is 4.79 Å². The van der Waals surface area contributed by atoms with Crippen molar-refractivity contribution in [3.8, 4) is 0 Å². The van der Waals surface area contributed by atoms with Gasteiger partial charge in [0.15, 0.2) is 5.15 Å². The van der Waals surface area contributed by atoms with Crippen LogP contribution in [0.5, 0.6) is 0 Å². The first kappa shape index (κ1) is 17.1. The summed E-state index contributed by atoms with van der Waals surface area (Å²) in [6.07, 6.45) is 4.77. The van der Waals surface area contributed by atoms with Gasteiger partial charge in [0.1, 0.15) is 5.69 Å². The maximum atomic E-state index is 12.6. The predicted molar refractivity (Wildman–Crippen MR) is 92.2 cm³/mol. The van der Waals surface area contributed by atoms with Gasteiger partial charge in [0, 0.05) is 37.6 Å². The number of nitrogens with zero attached hydrogens (tertiary/aromatic N) is 5. The summed E-state index contributed by atoms with van der Waals surface area (Å²) in [5.74, 6) is 0.409. The van der Waals surface area contributed by atoms with Gasteiger partial charge in [-0.3, -0.25) is 9.78 Å². The van der Waals surface area contributed by atoms with Gasteiger partial charge in [0.25, 0.3) is 5.91 Å². The van der Waals surface area contributed by atoms with Crippen LogP contribution in [0.2, 0.25) is 5.15 Å². The molecule has 0 aliphatic carbocycles. The average Bonchev–Trinajstić information content (AvgIpc) is 2.59. The molecule has 0 fully saturated rings. The minimum Gasteiger partial charge on any atom is -0.341 e. The highest BCUT2D eigenvalue weighted by atomic mass is 35.5. The fourth-order valence-corrected chi connectivity index (χ4v) is 2.49. The Morgan fingerprint density at radius 2 is 1.78 bits per heavy atom. The fourth-order valence-electron chi connectivity index (χ4n) is 2.26. The lowest BCUT2D eigenvalue weighted by Crippen LogP contribution is -2.31. The molecule has 0 saturated carbocycles. The van der Waals surface area contributed by atoms with E-state index >= 15 is 0 Å².